The van der Waals surface area contributed by atoms with Crippen LogP contribution in [0.4, 0.5) is 0 Å². The van der Waals surface area contributed by atoms with Crippen LogP contribution < -0.4 is 0 Å². The maximum Gasteiger partial charge on any atom is 0.339 e. The number of aliphatic hydroxyl groups is 1. The summed E-state index contributed by atoms with van der Waals surface area (Å²) in [4.78, 5) is 36.7. The lowest BCUT2D eigenvalue weighted by atomic mass is 9.78. The Kier molecular flexibility index (Phi) is 6.43. The van der Waals surface area contributed by atoms with Gasteiger partial charge in [-0.15, -0.1) is 0 Å². The van der Waals surface area contributed by atoms with Crippen molar-refractivity contribution in [3.05, 3.63) is 34.4 Å². The van der Waals surface area contributed by atoms with Crippen LogP contribution in [0.25, 0.3) is 0 Å². The van der Waals surface area contributed by atoms with E-state index in [1.165, 1.54) is 13.8 Å². The summed E-state index contributed by atoms with van der Waals surface area (Å²) in [6, 6.07) is 3.75. The number of rotatable bonds is 7. The highest BCUT2D eigenvalue weighted by Crippen LogP contribution is 2.30. The molecule has 0 spiro atoms. The summed E-state index contributed by atoms with van der Waals surface area (Å²) in [5.41, 5.74) is 0.887. The summed E-state index contributed by atoms with van der Waals surface area (Å²) in [6.07, 6.45) is -0.456. The molecule has 5 nitrogen and oxygen atoms in total. The van der Waals surface area contributed by atoms with Gasteiger partial charge in [-0.2, -0.15) is 0 Å². The molecule has 0 heterocycles. The van der Waals surface area contributed by atoms with Gasteiger partial charge >= 0.3 is 5.97 Å². The molecule has 0 aromatic heterocycles. The number of ether oxygens (including phenoxy) is 1. The third kappa shape index (κ3) is 4.09. The topological polar surface area (TPSA) is 80.7 Å². The van der Waals surface area contributed by atoms with Crippen LogP contribution in [0.3, 0.4) is 0 Å². The SMILES string of the molecule is CCOC(=O)[C@@](O)(CC(C)=O)[C@H](C)C(=O)c1c(C)cc(C)cc1C. The maximum absolute atomic E-state index is 13.0. The van der Waals surface area contributed by atoms with Crippen molar-refractivity contribution in [1.29, 1.82) is 0 Å². The van der Waals surface area contributed by atoms with E-state index in [2.05, 4.69) is 0 Å². The Balaban J connectivity index is 3.33. The monoisotopic (exact) mass is 334 g/mol. The number of hydrogen-bond acceptors (Lipinski definition) is 5. The van der Waals surface area contributed by atoms with Gasteiger partial charge in [-0.25, -0.2) is 4.79 Å². The first kappa shape index (κ1) is 20.0. The minimum absolute atomic E-state index is 0.0581. The Hall–Kier alpha value is -2.01. The Morgan fingerprint density at radius 3 is 2.08 bits per heavy atom. The molecular weight excluding hydrogens is 308 g/mol. The number of Topliss-reactive ketones (excluding diaryl/α,β-unsaturated/α-hetero) is 2. The Labute approximate surface area is 143 Å². The standard InChI is InChI=1S/C19H26O5/c1-7-24-18(22)19(23,10-14(5)20)15(6)17(21)16-12(3)8-11(2)9-13(16)4/h8-9,15,23H,7,10H2,1-6H3/t15-,19-/m1/s1. The first-order valence-corrected chi connectivity index (χ1v) is 8.05. The minimum atomic E-state index is -2.16. The number of benzene rings is 1. The Morgan fingerprint density at radius 1 is 1.17 bits per heavy atom. The van der Waals surface area contributed by atoms with Gasteiger partial charge in [0.2, 0.25) is 0 Å². The molecule has 24 heavy (non-hydrogen) atoms. The summed E-state index contributed by atoms with van der Waals surface area (Å²) < 4.78 is 4.90. The van der Waals surface area contributed by atoms with Gasteiger partial charge in [0.15, 0.2) is 11.4 Å². The van der Waals surface area contributed by atoms with Gasteiger partial charge in [-0.05, 0) is 45.7 Å². The predicted molar refractivity (Wildman–Crippen MR) is 91.0 cm³/mol. The molecule has 0 aliphatic rings. The lowest BCUT2D eigenvalue weighted by molar-refractivity contribution is -0.171. The number of aryl methyl sites for hydroxylation is 3. The van der Waals surface area contributed by atoms with Crippen molar-refractivity contribution in [2.24, 2.45) is 5.92 Å². The molecule has 1 N–H and O–H groups in total. The molecule has 1 rings (SSSR count). The van der Waals surface area contributed by atoms with Crippen LogP contribution in [0.2, 0.25) is 0 Å². The lowest BCUT2D eigenvalue weighted by Gasteiger charge is -2.30. The largest absolute Gasteiger partial charge is 0.464 e. The fourth-order valence-electron chi connectivity index (χ4n) is 3.04. The molecular formula is C19H26O5. The second-order valence-corrected chi connectivity index (χ2v) is 6.38. The molecule has 1 aromatic carbocycles. The second kappa shape index (κ2) is 7.71. The Morgan fingerprint density at radius 2 is 1.67 bits per heavy atom. The van der Waals surface area contributed by atoms with E-state index in [0.717, 1.165) is 16.7 Å². The third-order valence-corrected chi connectivity index (χ3v) is 4.18. The number of hydrogen-bond donors (Lipinski definition) is 1. The zero-order chi connectivity index (χ0) is 18.7. The molecule has 2 atom stereocenters. The number of esters is 1. The van der Waals surface area contributed by atoms with E-state index in [1.807, 2.05) is 32.9 Å². The summed E-state index contributed by atoms with van der Waals surface area (Å²) in [5, 5.41) is 10.8. The van der Waals surface area contributed by atoms with Crippen LogP contribution >= 0.6 is 0 Å². The van der Waals surface area contributed by atoms with Crippen LogP contribution in [0.5, 0.6) is 0 Å². The van der Waals surface area contributed by atoms with Gasteiger partial charge in [-0.1, -0.05) is 24.6 Å². The summed E-state index contributed by atoms with van der Waals surface area (Å²) in [7, 11) is 0. The van der Waals surface area contributed by atoms with Gasteiger partial charge in [0.25, 0.3) is 0 Å². The normalized spacial score (nSPS) is 14.6. The number of ketones is 2. The van der Waals surface area contributed by atoms with Crippen molar-refractivity contribution in [2.75, 3.05) is 6.61 Å². The molecule has 0 aliphatic heterocycles. The van der Waals surface area contributed by atoms with E-state index in [0.29, 0.717) is 5.56 Å². The van der Waals surface area contributed by atoms with E-state index in [1.54, 1.807) is 6.92 Å². The van der Waals surface area contributed by atoms with E-state index in [4.69, 9.17) is 4.74 Å². The van der Waals surface area contributed by atoms with Gasteiger partial charge in [0.1, 0.15) is 5.78 Å². The van der Waals surface area contributed by atoms with Crippen molar-refractivity contribution < 1.29 is 24.2 Å². The molecule has 1 aromatic rings. The number of carbonyl (C=O) groups excluding carboxylic acids is 3. The van der Waals surface area contributed by atoms with Gasteiger partial charge in [0.05, 0.1) is 12.5 Å². The van der Waals surface area contributed by atoms with Gasteiger partial charge in [0, 0.05) is 12.0 Å². The minimum Gasteiger partial charge on any atom is -0.464 e. The fraction of sp³-hybridized carbons (Fsp3) is 0.526. The van der Waals surface area contributed by atoms with Crippen molar-refractivity contribution in [2.45, 2.75) is 53.6 Å². The van der Waals surface area contributed by atoms with E-state index in [9.17, 15) is 19.5 Å². The highest BCUT2D eigenvalue weighted by molar-refractivity contribution is 6.04. The van der Waals surface area contributed by atoms with Crippen LogP contribution in [0.1, 0.15) is 54.2 Å². The first-order valence-electron chi connectivity index (χ1n) is 8.05. The van der Waals surface area contributed by atoms with E-state index < -0.39 is 23.9 Å². The molecule has 0 amide bonds. The van der Waals surface area contributed by atoms with Gasteiger partial charge < -0.3 is 9.84 Å². The quantitative estimate of drug-likeness (QED) is 0.612. The summed E-state index contributed by atoms with van der Waals surface area (Å²) >= 11 is 0. The third-order valence-electron chi connectivity index (χ3n) is 4.18. The summed E-state index contributed by atoms with van der Waals surface area (Å²) in [5.74, 6) is -2.80. The average Bonchev–Trinajstić information content (AvgIpc) is 2.44. The zero-order valence-electron chi connectivity index (χ0n) is 15.2. The molecule has 0 radical (unpaired) electrons. The second-order valence-electron chi connectivity index (χ2n) is 6.38. The molecule has 0 unspecified atom stereocenters. The summed E-state index contributed by atoms with van der Waals surface area (Å²) in [6.45, 7) is 9.95. The fourth-order valence-corrected chi connectivity index (χ4v) is 3.04. The van der Waals surface area contributed by atoms with Crippen LogP contribution in [-0.2, 0) is 14.3 Å². The van der Waals surface area contributed by atoms with Crippen LogP contribution in [-0.4, -0.2) is 34.9 Å². The van der Waals surface area contributed by atoms with Gasteiger partial charge in [-0.3, -0.25) is 9.59 Å². The molecule has 0 saturated heterocycles. The van der Waals surface area contributed by atoms with Crippen LogP contribution in [0, 0.1) is 26.7 Å². The molecule has 5 heteroatoms. The Bertz CT molecular complexity index is 639. The molecule has 0 aliphatic carbocycles. The highest BCUT2D eigenvalue weighted by Gasteiger charge is 2.47. The molecule has 0 saturated carbocycles. The smallest absolute Gasteiger partial charge is 0.339 e. The van der Waals surface area contributed by atoms with Crippen molar-refractivity contribution in [1.82, 2.24) is 0 Å². The molecule has 0 bridgehead atoms. The first-order chi connectivity index (χ1) is 11.0. The maximum atomic E-state index is 13.0. The van der Waals surface area contributed by atoms with Crippen LogP contribution in [0.15, 0.2) is 12.1 Å². The van der Waals surface area contributed by atoms with Crippen molar-refractivity contribution in [3.63, 3.8) is 0 Å². The average molecular weight is 334 g/mol. The highest BCUT2D eigenvalue weighted by atomic mass is 16.5. The number of carbonyl (C=O) groups is 3. The molecule has 0 fully saturated rings. The van der Waals surface area contributed by atoms with E-state index in [-0.39, 0.29) is 18.2 Å². The predicted octanol–water partition coefficient (Wildman–Crippen LogP) is 2.70. The lowest BCUT2D eigenvalue weighted by Crippen LogP contribution is -2.50. The molecule has 132 valence electrons. The van der Waals surface area contributed by atoms with Crippen molar-refractivity contribution in [3.8, 4) is 0 Å². The van der Waals surface area contributed by atoms with Crippen molar-refractivity contribution >= 4 is 17.5 Å². The van der Waals surface area contributed by atoms with E-state index >= 15 is 0 Å². The zero-order valence-corrected chi connectivity index (χ0v) is 15.2.